The zero-order chi connectivity index (χ0) is 14.9. The van der Waals surface area contributed by atoms with Crippen LogP contribution in [0.5, 0.6) is 0 Å². The zero-order valence-corrected chi connectivity index (χ0v) is 12.1. The Labute approximate surface area is 128 Å². The number of amidine groups is 1. The molecule has 0 bridgehead atoms. The van der Waals surface area contributed by atoms with Gasteiger partial charge in [0.1, 0.15) is 11.7 Å². The summed E-state index contributed by atoms with van der Waals surface area (Å²) >= 11 is 0. The van der Waals surface area contributed by atoms with E-state index < -0.39 is 0 Å². The highest BCUT2D eigenvalue weighted by Crippen LogP contribution is 2.23. The van der Waals surface area contributed by atoms with Crippen LogP contribution in [0.1, 0.15) is 11.1 Å². The Balaban J connectivity index is 1.65. The Morgan fingerprint density at radius 1 is 1.09 bits per heavy atom. The Bertz CT molecular complexity index is 833. The molecule has 1 N–H and O–H groups in total. The summed E-state index contributed by atoms with van der Waals surface area (Å²) in [5.74, 6) is 0.817. The van der Waals surface area contributed by atoms with Crippen molar-refractivity contribution >= 4 is 16.7 Å². The minimum Gasteiger partial charge on any atom is -0.360 e. The molecule has 1 aromatic heterocycles. The third-order valence-electron chi connectivity index (χ3n) is 4.05. The van der Waals surface area contributed by atoms with E-state index in [1.54, 1.807) is 0 Å². The fourth-order valence-electron chi connectivity index (χ4n) is 2.96. The number of para-hydroxylation sites is 1. The first kappa shape index (κ1) is 13.1. The van der Waals surface area contributed by atoms with Crippen molar-refractivity contribution in [2.24, 2.45) is 4.99 Å². The van der Waals surface area contributed by atoms with Crippen LogP contribution in [0.2, 0.25) is 0 Å². The molecule has 0 atom stereocenters. The Kier molecular flexibility index (Phi) is 3.15. The number of fused-ring (bicyclic) bond motifs is 1. The SMILES string of the molecule is Fc1ccc(CN2CCN=C2c2c[nH]c3ccccc23)cc1. The van der Waals surface area contributed by atoms with Crippen LogP contribution in [0.4, 0.5) is 4.39 Å². The maximum absolute atomic E-state index is 13.0. The largest absolute Gasteiger partial charge is 0.360 e. The van der Waals surface area contributed by atoms with Gasteiger partial charge in [0.15, 0.2) is 0 Å². The monoisotopic (exact) mass is 293 g/mol. The van der Waals surface area contributed by atoms with E-state index >= 15 is 0 Å². The third-order valence-corrected chi connectivity index (χ3v) is 4.05. The topological polar surface area (TPSA) is 31.4 Å². The molecule has 2 heterocycles. The number of hydrogen-bond acceptors (Lipinski definition) is 2. The van der Waals surface area contributed by atoms with E-state index in [2.05, 4.69) is 27.0 Å². The normalized spacial score (nSPS) is 14.6. The Morgan fingerprint density at radius 2 is 1.91 bits per heavy atom. The lowest BCUT2D eigenvalue weighted by Gasteiger charge is -2.20. The molecule has 0 amide bonds. The van der Waals surface area contributed by atoms with Gasteiger partial charge in [0, 0.05) is 35.8 Å². The van der Waals surface area contributed by atoms with Gasteiger partial charge in [0.25, 0.3) is 0 Å². The van der Waals surface area contributed by atoms with Crippen LogP contribution in [-0.2, 0) is 6.54 Å². The summed E-state index contributed by atoms with van der Waals surface area (Å²) in [5.41, 5.74) is 3.35. The lowest BCUT2D eigenvalue weighted by atomic mass is 10.1. The molecule has 110 valence electrons. The van der Waals surface area contributed by atoms with Gasteiger partial charge in [-0.05, 0) is 23.8 Å². The highest BCUT2D eigenvalue weighted by molar-refractivity contribution is 6.10. The number of benzene rings is 2. The zero-order valence-electron chi connectivity index (χ0n) is 12.1. The molecule has 0 unspecified atom stereocenters. The molecule has 4 rings (SSSR count). The van der Waals surface area contributed by atoms with Crippen LogP contribution < -0.4 is 0 Å². The van der Waals surface area contributed by atoms with E-state index in [9.17, 15) is 4.39 Å². The van der Waals surface area contributed by atoms with Crippen LogP contribution in [0, 0.1) is 5.82 Å². The van der Waals surface area contributed by atoms with Crippen molar-refractivity contribution in [3.05, 3.63) is 71.7 Å². The molecule has 0 fully saturated rings. The molecule has 0 saturated carbocycles. The van der Waals surface area contributed by atoms with E-state index in [-0.39, 0.29) is 5.82 Å². The van der Waals surface area contributed by atoms with E-state index in [0.717, 1.165) is 42.1 Å². The smallest absolute Gasteiger partial charge is 0.133 e. The number of H-pyrrole nitrogens is 1. The van der Waals surface area contributed by atoms with Gasteiger partial charge < -0.3 is 9.88 Å². The van der Waals surface area contributed by atoms with Gasteiger partial charge in [0.05, 0.1) is 6.54 Å². The maximum Gasteiger partial charge on any atom is 0.133 e. The quantitative estimate of drug-likeness (QED) is 0.786. The van der Waals surface area contributed by atoms with Crippen LogP contribution in [0.25, 0.3) is 10.9 Å². The molecule has 1 aliphatic rings. The van der Waals surface area contributed by atoms with Crippen molar-refractivity contribution < 1.29 is 4.39 Å². The molecule has 0 saturated heterocycles. The average molecular weight is 293 g/mol. The molecule has 2 aromatic carbocycles. The maximum atomic E-state index is 13.0. The average Bonchev–Trinajstić information content (AvgIpc) is 3.16. The second kappa shape index (κ2) is 5.30. The van der Waals surface area contributed by atoms with Gasteiger partial charge in [-0.2, -0.15) is 0 Å². The number of aromatic amines is 1. The standard InChI is InChI=1S/C18H16FN3/c19-14-7-5-13(6-8-14)12-22-10-9-20-18(22)16-11-21-17-4-2-1-3-15(16)17/h1-8,11,21H,9-10,12H2. The number of aromatic nitrogens is 1. The van der Waals surface area contributed by atoms with Crippen molar-refractivity contribution in [2.45, 2.75) is 6.54 Å². The molecule has 3 aromatic rings. The third kappa shape index (κ3) is 2.26. The van der Waals surface area contributed by atoms with Crippen molar-refractivity contribution in [2.75, 3.05) is 13.1 Å². The minimum absolute atomic E-state index is 0.198. The molecule has 0 radical (unpaired) electrons. The lowest BCUT2D eigenvalue weighted by molar-refractivity contribution is 0.452. The Morgan fingerprint density at radius 3 is 2.77 bits per heavy atom. The summed E-state index contributed by atoms with van der Waals surface area (Å²) < 4.78 is 13.0. The molecule has 0 spiro atoms. The molecule has 0 aliphatic carbocycles. The number of halogens is 1. The van der Waals surface area contributed by atoms with Crippen LogP contribution in [0.3, 0.4) is 0 Å². The summed E-state index contributed by atoms with van der Waals surface area (Å²) in [5, 5.41) is 1.19. The Hall–Kier alpha value is -2.62. The van der Waals surface area contributed by atoms with Crippen LogP contribution in [0.15, 0.2) is 59.7 Å². The predicted molar refractivity (Wildman–Crippen MR) is 86.5 cm³/mol. The van der Waals surface area contributed by atoms with Crippen molar-refractivity contribution in [1.29, 1.82) is 0 Å². The highest BCUT2D eigenvalue weighted by atomic mass is 19.1. The first-order valence-corrected chi connectivity index (χ1v) is 7.41. The van der Waals surface area contributed by atoms with E-state index in [1.807, 2.05) is 30.5 Å². The minimum atomic E-state index is -0.198. The van der Waals surface area contributed by atoms with Gasteiger partial charge in [0.2, 0.25) is 0 Å². The van der Waals surface area contributed by atoms with Gasteiger partial charge >= 0.3 is 0 Å². The second-order valence-electron chi connectivity index (χ2n) is 5.50. The lowest BCUT2D eigenvalue weighted by Crippen LogP contribution is -2.27. The number of rotatable bonds is 3. The van der Waals surface area contributed by atoms with Gasteiger partial charge in [-0.15, -0.1) is 0 Å². The fourth-order valence-corrected chi connectivity index (χ4v) is 2.96. The molecule has 3 nitrogen and oxygen atoms in total. The van der Waals surface area contributed by atoms with E-state index in [0.29, 0.717) is 0 Å². The molecule has 4 heteroatoms. The first-order valence-electron chi connectivity index (χ1n) is 7.41. The summed E-state index contributed by atoms with van der Waals surface area (Å²) in [6.07, 6.45) is 2.02. The van der Waals surface area contributed by atoms with Crippen molar-refractivity contribution in [3.63, 3.8) is 0 Å². The molecule has 1 aliphatic heterocycles. The number of nitrogens with one attached hydrogen (secondary N) is 1. The summed E-state index contributed by atoms with van der Waals surface area (Å²) in [6.45, 7) is 2.45. The molecular weight excluding hydrogens is 277 g/mol. The number of hydrogen-bond donors (Lipinski definition) is 1. The van der Waals surface area contributed by atoms with Crippen LogP contribution in [-0.4, -0.2) is 28.8 Å². The summed E-state index contributed by atoms with van der Waals surface area (Å²) in [7, 11) is 0. The number of aliphatic imine (C=N–C) groups is 1. The summed E-state index contributed by atoms with van der Waals surface area (Å²) in [4.78, 5) is 10.2. The predicted octanol–water partition coefficient (Wildman–Crippen LogP) is 3.57. The van der Waals surface area contributed by atoms with Gasteiger partial charge in [-0.1, -0.05) is 30.3 Å². The first-order chi connectivity index (χ1) is 10.8. The van der Waals surface area contributed by atoms with Crippen LogP contribution >= 0.6 is 0 Å². The summed E-state index contributed by atoms with van der Waals surface area (Å²) in [6, 6.07) is 14.9. The highest BCUT2D eigenvalue weighted by Gasteiger charge is 2.21. The van der Waals surface area contributed by atoms with E-state index in [1.165, 1.54) is 17.5 Å². The second-order valence-corrected chi connectivity index (χ2v) is 5.50. The van der Waals surface area contributed by atoms with Gasteiger partial charge in [-0.25, -0.2) is 4.39 Å². The van der Waals surface area contributed by atoms with Crippen molar-refractivity contribution in [1.82, 2.24) is 9.88 Å². The molecular formula is C18H16FN3. The van der Waals surface area contributed by atoms with Crippen molar-refractivity contribution in [3.8, 4) is 0 Å². The van der Waals surface area contributed by atoms with Gasteiger partial charge in [-0.3, -0.25) is 4.99 Å². The molecule has 22 heavy (non-hydrogen) atoms. The van der Waals surface area contributed by atoms with E-state index in [4.69, 9.17) is 0 Å². The number of nitrogens with zero attached hydrogens (tertiary/aromatic N) is 2. The fraction of sp³-hybridized carbons (Fsp3) is 0.167.